The largest absolute Gasteiger partial charge is 0.388 e. The molecule has 0 fully saturated rings. The number of nitrogens with zero attached hydrogens (tertiary/aromatic N) is 1. The highest BCUT2D eigenvalue weighted by Gasteiger charge is 2.25. The average molecular weight is 205 g/mol. The standard InChI is InChI=1S/C12H15NO2/c1-2-12(15)13-8-7-11(14)9-5-3-4-6-10(9)13/h3-6,11,14H,2,7-8H2,1H3/t11-/m0/s1. The van der Waals surface area contributed by atoms with Gasteiger partial charge in [-0.1, -0.05) is 25.1 Å². The highest BCUT2D eigenvalue weighted by Crippen LogP contribution is 2.33. The van der Waals surface area contributed by atoms with Crippen molar-refractivity contribution in [1.29, 1.82) is 0 Å². The van der Waals surface area contributed by atoms with E-state index >= 15 is 0 Å². The molecule has 0 bridgehead atoms. The van der Waals surface area contributed by atoms with Crippen LogP contribution < -0.4 is 4.90 Å². The van der Waals surface area contributed by atoms with E-state index in [-0.39, 0.29) is 5.91 Å². The monoisotopic (exact) mass is 205 g/mol. The third-order valence-corrected chi connectivity index (χ3v) is 2.82. The van der Waals surface area contributed by atoms with Crippen LogP contribution in [-0.4, -0.2) is 17.6 Å². The molecule has 1 amide bonds. The number of para-hydroxylation sites is 1. The maximum absolute atomic E-state index is 11.7. The molecule has 1 aliphatic rings. The van der Waals surface area contributed by atoms with E-state index in [4.69, 9.17) is 0 Å². The molecule has 3 nitrogen and oxygen atoms in total. The summed E-state index contributed by atoms with van der Waals surface area (Å²) in [6.07, 6.45) is 0.704. The zero-order valence-corrected chi connectivity index (χ0v) is 8.81. The number of rotatable bonds is 1. The topological polar surface area (TPSA) is 40.5 Å². The van der Waals surface area contributed by atoms with Crippen molar-refractivity contribution in [1.82, 2.24) is 0 Å². The third-order valence-electron chi connectivity index (χ3n) is 2.82. The van der Waals surface area contributed by atoms with Gasteiger partial charge in [-0.05, 0) is 12.5 Å². The van der Waals surface area contributed by atoms with Crippen molar-refractivity contribution in [3.05, 3.63) is 29.8 Å². The van der Waals surface area contributed by atoms with E-state index < -0.39 is 6.10 Å². The highest BCUT2D eigenvalue weighted by molar-refractivity contribution is 5.94. The van der Waals surface area contributed by atoms with Crippen LogP contribution in [0.3, 0.4) is 0 Å². The second-order valence-electron chi connectivity index (χ2n) is 3.76. The van der Waals surface area contributed by atoms with Crippen molar-refractivity contribution < 1.29 is 9.90 Å². The fourth-order valence-electron chi connectivity index (χ4n) is 1.99. The molecule has 0 aliphatic carbocycles. The number of anilines is 1. The van der Waals surface area contributed by atoms with E-state index in [2.05, 4.69) is 0 Å². The van der Waals surface area contributed by atoms with E-state index in [1.165, 1.54) is 0 Å². The van der Waals surface area contributed by atoms with Crippen LogP contribution in [0.15, 0.2) is 24.3 Å². The number of hydrogen-bond acceptors (Lipinski definition) is 2. The maximum atomic E-state index is 11.7. The van der Waals surface area contributed by atoms with Gasteiger partial charge in [0.05, 0.1) is 6.10 Å². The van der Waals surface area contributed by atoms with Gasteiger partial charge in [0.15, 0.2) is 0 Å². The molecular weight excluding hydrogens is 190 g/mol. The fraction of sp³-hybridized carbons (Fsp3) is 0.417. The molecule has 3 heteroatoms. The molecular formula is C12H15NO2. The zero-order valence-electron chi connectivity index (χ0n) is 8.81. The number of hydrogen-bond donors (Lipinski definition) is 1. The Bertz CT molecular complexity index is 376. The number of aliphatic hydroxyl groups is 1. The summed E-state index contributed by atoms with van der Waals surface area (Å²) >= 11 is 0. The molecule has 0 aromatic heterocycles. The van der Waals surface area contributed by atoms with Crippen molar-refractivity contribution in [2.24, 2.45) is 0 Å². The Kier molecular flexibility index (Phi) is 2.73. The molecule has 1 aromatic carbocycles. The van der Waals surface area contributed by atoms with Crippen molar-refractivity contribution in [2.75, 3.05) is 11.4 Å². The molecule has 1 N–H and O–H groups in total. The van der Waals surface area contributed by atoms with Crippen LogP contribution in [0.1, 0.15) is 31.4 Å². The SMILES string of the molecule is CCC(=O)N1CC[C@H](O)c2ccccc21. The quantitative estimate of drug-likeness (QED) is 0.760. The van der Waals surface area contributed by atoms with Gasteiger partial charge >= 0.3 is 0 Å². The second-order valence-corrected chi connectivity index (χ2v) is 3.76. The minimum atomic E-state index is -0.429. The number of carbonyl (C=O) groups is 1. The lowest BCUT2D eigenvalue weighted by molar-refractivity contribution is -0.118. The zero-order chi connectivity index (χ0) is 10.8. The summed E-state index contributed by atoms with van der Waals surface area (Å²) in [6.45, 7) is 2.47. The maximum Gasteiger partial charge on any atom is 0.226 e. The number of carbonyl (C=O) groups excluding carboxylic acids is 1. The molecule has 0 unspecified atom stereocenters. The number of amides is 1. The van der Waals surface area contributed by atoms with Gasteiger partial charge < -0.3 is 10.0 Å². The Morgan fingerprint density at radius 1 is 1.53 bits per heavy atom. The van der Waals surface area contributed by atoms with Gasteiger partial charge in [0.25, 0.3) is 0 Å². The van der Waals surface area contributed by atoms with Gasteiger partial charge in [-0.15, -0.1) is 0 Å². The van der Waals surface area contributed by atoms with Gasteiger partial charge in [0.2, 0.25) is 5.91 Å². The molecule has 80 valence electrons. The van der Waals surface area contributed by atoms with Crippen molar-refractivity contribution in [2.45, 2.75) is 25.9 Å². The Balaban J connectivity index is 2.40. The van der Waals surface area contributed by atoms with Crippen molar-refractivity contribution in [3.8, 4) is 0 Å². The first-order valence-electron chi connectivity index (χ1n) is 5.31. The van der Waals surface area contributed by atoms with E-state index in [0.717, 1.165) is 11.3 Å². The van der Waals surface area contributed by atoms with Crippen LogP contribution in [0.4, 0.5) is 5.69 Å². The van der Waals surface area contributed by atoms with Crippen molar-refractivity contribution in [3.63, 3.8) is 0 Å². The summed E-state index contributed by atoms with van der Waals surface area (Å²) in [5.74, 6) is 0.120. The normalized spacial score (nSPS) is 19.9. The Hall–Kier alpha value is -1.35. The molecule has 0 saturated carbocycles. The lowest BCUT2D eigenvalue weighted by Crippen LogP contribution is -2.36. The second kappa shape index (κ2) is 4.03. The molecule has 2 rings (SSSR count). The molecule has 0 saturated heterocycles. The van der Waals surface area contributed by atoms with Crippen LogP contribution in [0, 0.1) is 0 Å². The molecule has 0 spiro atoms. The summed E-state index contributed by atoms with van der Waals surface area (Å²) in [7, 11) is 0. The molecule has 15 heavy (non-hydrogen) atoms. The predicted octanol–water partition coefficient (Wildman–Crippen LogP) is 1.87. The van der Waals surface area contributed by atoms with E-state index in [9.17, 15) is 9.90 Å². The number of aliphatic hydroxyl groups excluding tert-OH is 1. The van der Waals surface area contributed by atoms with Crippen LogP contribution in [0.5, 0.6) is 0 Å². The van der Waals surface area contributed by atoms with Gasteiger partial charge in [-0.25, -0.2) is 0 Å². The first kappa shape index (κ1) is 10.2. The summed E-state index contributed by atoms with van der Waals surface area (Å²) in [5.41, 5.74) is 1.73. The summed E-state index contributed by atoms with van der Waals surface area (Å²) in [5, 5.41) is 9.80. The van der Waals surface area contributed by atoms with Crippen molar-refractivity contribution >= 4 is 11.6 Å². The molecule has 1 heterocycles. The first-order chi connectivity index (χ1) is 7.24. The van der Waals surface area contributed by atoms with Crippen LogP contribution >= 0.6 is 0 Å². The fourth-order valence-corrected chi connectivity index (χ4v) is 1.99. The Morgan fingerprint density at radius 3 is 3.00 bits per heavy atom. The van der Waals surface area contributed by atoms with Crippen LogP contribution in [0.25, 0.3) is 0 Å². The first-order valence-corrected chi connectivity index (χ1v) is 5.31. The smallest absolute Gasteiger partial charge is 0.226 e. The summed E-state index contributed by atoms with van der Waals surface area (Å²) in [6, 6.07) is 7.56. The van der Waals surface area contributed by atoms with Crippen LogP contribution in [0.2, 0.25) is 0 Å². The number of fused-ring (bicyclic) bond motifs is 1. The number of benzene rings is 1. The Labute approximate surface area is 89.3 Å². The van der Waals surface area contributed by atoms with Gasteiger partial charge in [0, 0.05) is 24.2 Å². The summed E-state index contributed by atoms with van der Waals surface area (Å²) < 4.78 is 0. The van der Waals surface area contributed by atoms with E-state index in [1.807, 2.05) is 31.2 Å². The third kappa shape index (κ3) is 1.75. The highest BCUT2D eigenvalue weighted by atomic mass is 16.3. The van der Waals surface area contributed by atoms with Gasteiger partial charge in [0.1, 0.15) is 0 Å². The Morgan fingerprint density at radius 2 is 2.27 bits per heavy atom. The minimum absolute atomic E-state index is 0.120. The van der Waals surface area contributed by atoms with E-state index in [0.29, 0.717) is 19.4 Å². The molecule has 0 radical (unpaired) electrons. The summed E-state index contributed by atoms with van der Waals surface area (Å²) in [4.78, 5) is 13.4. The molecule has 1 atom stereocenters. The lowest BCUT2D eigenvalue weighted by Gasteiger charge is -2.32. The van der Waals surface area contributed by atoms with E-state index in [1.54, 1.807) is 4.90 Å². The lowest BCUT2D eigenvalue weighted by atomic mass is 9.99. The van der Waals surface area contributed by atoms with Gasteiger partial charge in [-0.2, -0.15) is 0 Å². The molecule has 1 aliphatic heterocycles. The molecule has 1 aromatic rings. The van der Waals surface area contributed by atoms with Gasteiger partial charge in [-0.3, -0.25) is 4.79 Å². The predicted molar refractivity (Wildman–Crippen MR) is 58.7 cm³/mol. The minimum Gasteiger partial charge on any atom is -0.388 e. The average Bonchev–Trinajstić information content (AvgIpc) is 2.29. The van der Waals surface area contributed by atoms with Crippen LogP contribution in [-0.2, 0) is 4.79 Å².